The van der Waals surface area contributed by atoms with Gasteiger partial charge in [0.05, 0.1) is 0 Å². The molecule has 1 aliphatic rings. The van der Waals surface area contributed by atoms with Crippen molar-refractivity contribution in [2.45, 2.75) is 25.7 Å². The van der Waals surface area contributed by atoms with E-state index in [9.17, 15) is 9.59 Å². The van der Waals surface area contributed by atoms with E-state index in [-0.39, 0.29) is 11.5 Å². The number of fused-ring (bicyclic) bond motifs is 1. The molecule has 0 spiro atoms. The molecule has 2 N–H and O–H groups in total. The zero-order valence-electron chi connectivity index (χ0n) is 12.0. The summed E-state index contributed by atoms with van der Waals surface area (Å²) < 4.78 is 0. The summed E-state index contributed by atoms with van der Waals surface area (Å²) in [6, 6.07) is 7.52. The number of nitrogens with one attached hydrogen (secondary N) is 2. The number of carbonyl (C=O) groups excluding carboxylic acids is 1. The van der Waals surface area contributed by atoms with E-state index in [1.54, 1.807) is 19.3 Å². The van der Waals surface area contributed by atoms with Gasteiger partial charge in [-0.3, -0.25) is 9.59 Å². The number of aromatic nitrogens is 1. The lowest BCUT2D eigenvalue weighted by molar-refractivity contribution is 0.0963. The largest absolute Gasteiger partial charge is 0.355 e. The predicted octanol–water partition coefficient (Wildman–Crippen LogP) is 2.28. The van der Waals surface area contributed by atoms with Crippen LogP contribution >= 0.6 is 0 Å². The average Bonchev–Trinajstić information content (AvgIpc) is 2.55. The molecule has 4 nitrogen and oxygen atoms in total. The first-order chi connectivity index (χ1) is 10.2. The maximum absolute atomic E-state index is 11.9. The fourth-order valence-corrected chi connectivity index (χ4v) is 2.99. The molecular weight excluding hydrogens is 264 g/mol. The fourth-order valence-electron chi connectivity index (χ4n) is 2.99. The lowest BCUT2D eigenvalue weighted by Gasteiger charge is -2.18. The smallest absolute Gasteiger partial charge is 0.251 e. The number of H-pyrrole nitrogens is 1. The van der Waals surface area contributed by atoms with Gasteiger partial charge in [-0.05, 0) is 48.9 Å². The minimum Gasteiger partial charge on any atom is -0.355 e. The Labute approximate surface area is 123 Å². The van der Waals surface area contributed by atoms with E-state index in [2.05, 4.69) is 10.3 Å². The normalized spacial score (nSPS) is 13.6. The Morgan fingerprint density at radius 3 is 2.71 bits per heavy atom. The quantitative estimate of drug-likeness (QED) is 0.887. The highest BCUT2D eigenvalue weighted by Crippen LogP contribution is 2.29. The summed E-state index contributed by atoms with van der Waals surface area (Å²) in [6.07, 6.45) is 5.72. The number of hydrogen-bond acceptors (Lipinski definition) is 2. The monoisotopic (exact) mass is 282 g/mol. The summed E-state index contributed by atoms with van der Waals surface area (Å²) in [5.74, 6) is -0.102. The van der Waals surface area contributed by atoms with Crippen molar-refractivity contribution < 1.29 is 4.79 Å². The minimum atomic E-state index is -0.102. The third-order valence-corrected chi connectivity index (χ3v) is 4.08. The highest BCUT2D eigenvalue weighted by Gasteiger charge is 2.17. The summed E-state index contributed by atoms with van der Waals surface area (Å²) in [5, 5.41) is 2.63. The summed E-state index contributed by atoms with van der Waals surface area (Å²) in [4.78, 5) is 26.6. The SMILES string of the molecule is CNC(=O)c1cccc(-c2c[nH]c(=O)c3c2CCCC3)c1. The Morgan fingerprint density at radius 2 is 1.95 bits per heavy atom. The predicted molar refractivity (Wildman–Crippen MR) is 82.5 cm³/mol. The van der Waals surface area contributed by atoms with E-state index in [0.29, 0.717) is 5.56 Å². The molecule has 21 heavy (non-hydrogen) atoms. The Hall–Kier alpha value is -2.36. The van der Waals surface area contributed by atoms with Gasteiger partial charge in [-0.2, -0.15) is 0 Å². The molecule has 0 saturated heterocycles. The van der Waals surface area contributed by atoms with Crippen molar-refractivity contribution in [1.82, 2.24) is 10.3 Å². The molecule has 1 amide bonds. The van der Waals surface area contributed by atoms with Crippen LogP contribution in [-0.4, -0.2) is 17.9 Å². The van der Waals surface area contributed by atoms with Crippen molar-refractivity contribution in [3.63, 3.8) is 0 Å². The van der Waals surface area contributed by atoms with E-state index in [4.69, 9.17) is 0 Å². The van der Waals surface area contributed by atoms with Gasteiger partial charge in [0.15, 0.2) is 0 Å². The van der Waals surface area contributed by atoms with Crippen LogP contribution < -0.4 is 10.9 Å². The van der Waals surface area contributed by atoms with Crippen LogP contribution in [0.1, 0.15) is 34.3 Å². The Morgan fingerprint density at radius 1 is 1.19 bits per heavy atom. The van der Waals surface area contributed by atoms with Gasteiger partial charge in [0.2, 0.25) is 0 Å². The lowest BCUT2D eigenvalue weighted by atomic mass is 9.87. The molecule has 0 radical (unpaired) electrons. The fraction of sp³-hybridized carbons (Fsp3) is 0.294. The van der Waals surface area contributed by atoms with Crippen molar-refractivity contribution in [3.8, 4) is 11.1 Å². The molecule has 1 aromatic carbocycles. The molecule has 1 aromatic heterocycles. The Bertz CT molecular complexity index is 747. The van der Waals surface area contributed by atoms with Gasteiger partial charge in [0.1, 0.15) is 0 Å². The van der Waals surface area contributed by atoms with E-state index in [0.717, 1.165) is 47.9 Å². The number of rotatable bonds is 2. The van der Waals surface area contributed by atoms with E-state index >= 15 is 0 Å². The second kappa shape index (κ2) is 5.56. The molecular formula is C17H18N2O2. The number of pyridine rings is 1. The minimum absolute atomic E-state index is 0.0240. The number of aromatic amines is 1. The maximum atomic E-state index is 11.9. The van der Waals surface area contributed by atoms with Crippen molar-refractivity contribution in [3.05, 3.63) is 57.5 Å². The zero-order valence-corrected chi connectivity index (χ0v) is 12.0. The maximum Gasteiger partial charge on any atom is 0.251 e. The number of hydrogen-bond donors (Lipinski definition) is 2. The van der Waals surface area contributed by atoms with Crippen molar-refractivity contribution in [2.24, 2.45) is 0 Å². The van der Waals surface area contributed by atoms with E-state index in [1.807, 2.05) is 18.2 Å². The number of amides is 1. The van der Waals surface area contributed by atoms with Gasteiger partial charge in [-0.15, -0.1) is 0 Å². The van der Waals surface area contributed by atoms with Gasteiger partial charge in [0.25, 0.3) is 11.5 Å². The highest BCUT2D eigenvalue weighted by atomic mass is 16.1. The lowest BCUT2D eigenvalue weighted by Crippen LogP contribution is -2.20. The number of carbonyl (C=O) groups is 1. The van der Waals surface area contributed by atoms with Crippen LogP contribution in [0.3, 0.4) is 0 Å². The molecule has 0 unspecified atom stereocenters. The summed E-state index contributed by atoms with van der Waals surface area (Å²) in [6.45, 7) is 0. The standard InChI is InChI=1S/C17H18N2O2/c1-18-16(20)12-6-4-5-11(9-12)15-10-19-17(21)14-8-3-2-7-13(14)15/h4-6,9-10H,2-3,7-8H2,1H3,(H,18,20)(H,19,21). The summed E-state index contributed by atoms with van der Waals surface area (Å²) >= 11 is 0. The van der Waals surface area contributed by atoms with Crippen LogP contribution in [0.5, 0.6) is 0 Å². The molecule has 0 saturated carbocycles. The first-order valence-electron chi connectivity index (χ1n) is 7.26. The van der Waals surface area contributed by atoms with E-state index < -0.39 is 0 Å². The van der Waals surface area contributed by atoms with Gasteiger partial charge in [-0.25, -0.2) is 0 Å². The molecule has 0 fully saturated rings. The van der Waals surface area contributed by atoms with Crippen molar-refractivity contribution >= 4 is 5.91 Å². The summed E-state index contributed by atoms with van der Waals surface area (Å²) in [7, 11) is 1.62. The van der Waals surface area contributed by atoms with Gasteiger partial charge in [0, 0.05) is 29.9 Å². The van der Waals surface area contributed by atoms with Crippen molar-refractivity contribution in [2.75, 3.05) is 7.05 Å². The van der Waals surface area contributed by atoms with Crippen LogP contribution in [0.4, 0.5) is 0 Å². The highest BCUT2D eigenvalue weighted by molar-refractivity contribution is 5.95. The molecule has 0 atom stereocenters. The van der Waals surface area contributed by atoms with Crippen LogP contribution in [0.15, 0.2) is 35.3 Å². The number of benzene rings is 1. The molecule has 0 bridgehead atoms. The van der Waals surface area contributed by atoms with Crippen LogP contribution in [-0.2, 0) is 12.8 Å². The topological polar surface area (TPSA) is 62.0 Å². The molecule has 3 rings (SSSR count). The van der Waals surface area contributed by atoms with Gasteiger partial charge in [-0.1, -0.05) is 12.1 Å². The third-order valence-electron chi connectivity index (χ3n) is 4.08. The first-order valence-corrected chi connectivity index (χ1v) is 7.26. The third kappa shape index (κ3) is 2.49. The van der Waals surface area contributed by atoms with Crippen LogP contribution in [0.2, 0.25) is 0 Å². The van der Waals surface area contributed by atoms with Crippen LogP contribution in [0.25, 0.3) is 11.1 Å². The molecule has 2 aromatic rings. The van der Waals surface area contributed by atoms with E-state index in [1.165, 1.54) is 0 Å². The molecule has 108 valence electrons. The van der Waals surface area contributed by atoms with Gasteiger partial charge < -0.3 is 10.3 Å². The van der Waals surface area contributed by atoms with Crippen LogP contribution in [0, 0.1) is 0 Å². The first kappa shape index (κ1) is 13.6. The second-order valence-corrected chi connectivity index (χ2v) is 5.36. The second-order valence-electron chi connectivity index (χ2n) is 5.36. The molecule has 4 heteroatoms. The molecule has 1 aliphatic carbocycles. The molecule has 1 heterocycles. The van der Waals surface area contributed by atoms with Crippen molar-refractivity contribution in [1.29, 1.82) is 0 Å². The zero-order chi connectivity index (χ0) is 14.8. The Balaban J connectivity index is 2.13. The summed E-state index contributed by atoms with van der Waals surface area (Å²) in [5.41, 5.74) is 4.71. The van der Waals surface area contributed by atoms with Gasteiger partial charge >= 0.3 is 0 Å². The average molecular weight is 282 g/mol. The Kier molecular flexibility index (Phi) is 3.60. The molecule has 0 aliphatic heterocycles.